The Morgan fingerprint density at radius 3 is 2.61 bits per heavy atom. The average molecular weight is 528 g/mol. The number of sulfonamides is 1. The largest absolute Gasteiger partial charge is 0.371 e. The minimum atomic E-state index is -3.72. The number of benzene rings is 2. The predicted molar refractivity (Wildman–Crippen MR) is 138 cm³/mol. The van der Waals surface area contributed by atoms with Crippen molar-refractivity contribution in [3.8, 4) is 0 Å². The van der Waals surface area contributed by atoms with Gasteiger partial charge in [0.05, 0.1) is 4.90 Å². The van der Waals surface area contributed by atoms with E-state index in [4.69, 9.17) is 0 Å². The first-order chi connectivity index (χ1) is 17.3. The van der Waals surface area contributed by atoms with Crippen LogP contribution in [0.25, 0.3) is 6.08 Å². The first kappa shape index (κ1) is 24.4. The average Bonchev–Trinajstić information content (AvgIpc) is 3.54. The number of piperidine rings is 1. The van der Waals surface area contributed by atoms with Crippen LogP contribution in [0.1, 0.15) is 36.8 Å². The lowest BCUT2D eigenvalue weighted by Gasteiger charge is -2.34. The highest BCUT2D eigenvalue weighted by Gasteiger charge is 2.31. The molecule has 2 heterocycles. The van der Waals surface area contributed by atoms with E-state index < -0.39 is 10.0 Å². The number of rotatable bonds is 7. The summed E-state index contributed by atoms with van der Waals surface area (Å²) in [6, 6.07) is 11.8. The van der Waals surface area contributed by atoms with E-state index in [-0.39, 0.29) is 39.6 Å². The second kappa shape index (κ2) is 9.98. The highest BCUT2D eigenvalue weighted by Crippen LogP contribution is 2.37. The van der Waals surface area contributed by atoms with E-state index in [2.05, 4.69) is 24.3 Å². The standard InChI is InChI=1S/C25H26FN5O3S2/c1-16(20-9-10-22-21(20)3-2-4-23(22)26)24(32)29-17-11-13-31(14-12-17)18-5-7-19(8-6-18)36(33,34)30-25-27-15-28-35-25/h2-10,15-17,20H,11-14H2,1H3,(H,29,32)(H,27,28,30)/t16-,20?/m0/s1. The number of carbonyl (C=O) groups is 1. The van der Waals surface area contributed by atoms with Gasteiger partial charge in [-0.3, -0.25) is 9.52 Å². The first-order valence-corrected chi connectivity index (χ1v) is 14.0. The Bertz CT molecular complexity index is 1370. The Hall–Kier alpha value is -3.31. The smallest absolute Gasteiger partial charge is 0.263 e. The summed E-state index contributed by atoms with van der Waals surface area (Å²) in [6.07, 6.45) is 6.53. The van der Waals surface area contributed by atoms with Crippen LogP contribution in [0.5, 0.6) is 0 Å². The molecule has 1 aliphatic carbocycles. The van der Waals surface area contributed by atoms with Gasteiger partial charge in [-0.25, -0.2) is 17.8 Å². The molecule has 1 amide bonds. The Morgan fingerprint density at radius 1 is 1.17 bits per heavy atom. The van der Waals surface area contributed by atoms with Crippen LogP contribution in [0.3, 0.4) is 0 Å². The van der Waals surface area contributed by atoms with Crippen molar-refractivity contribution in [2.45, 2.75) is 36.6 Å². The zero-order chi connectivity index (χ0) is 25.3. The molecular weight excluding hydrogens is 501 g/mol. The summed E-state index contributed by atoms with van der Waals surface area (Å²) in [5, 5.41) is 3.39. The Balaban J connectivity index is 1.15. The normalized spacial score (nSPS) is 18.6. The fourth-order valence-electron chi connectivity index (χ4n) is 4.77. The summed E-state index contributed by atoms with van der Waals surface area (Å²) in [4.78, 5) is 19.2. The van der Waals surface area contributed by atoms with Crippen molar-refractivity contribution < 1.29 is 17.6 Å². The lowest BCUT2D eigenvalue weighted by molar-refractivity contribution is -0.125. The quantitative estimate of drug-likeness (QED) is 0.481. The molecule has 36 heavy (non-hydrogen) atoms. The summed E-state index contributed by atoms with van der Waals surface area (Å²) >= 11 is 0.973. The van der Waals surface area contributed by atoms with Crippen molar-refractivity contribution in [3.63, 3.8) is 0 Å². The van der Waals surface area contributed by atoms with Crippen LogP contribution >= 0.6 is 11.5 Å². The fraction of sp³-hybridized carbons (Fsp3) is 0.320. The minimum absolute atomic E-state index is 0.0299. The summed E-state index contributed by atoms with van der Waals surface area (Å²) in [5.74, 6) is -0.722. The molecule has 1 aliphatic heterocycles. The van der Waals surface area contributed by atoms with Gasteiger partial charge in [-0.1, -0.05) is 31.2 Å². The van der Waals surface area contributed by atoms with Crippen molar-refractivity contribution in [1.82, 2.24) is 14.7 Å². The molecule has 2 atom stereocenters. The number of anilines is 2. The van der Waals surface area contributed by atoms with E-state index in [0.717, 1.165) is 48.7 Å². The van der Waals surface area contributed by atoms with E-state index in [1.807, 2.05) is 19.1 Å². The van der Waals surface area contributed by atoms with Gasteiger partial charge in [-0.2, -0.15) is 4.37 Å². The van der Waals surface area contributed by atoms with Gasteiger partial charge in [0, 0.05) is 53.8 Å². The molecule has 0 saturated carbocycles. The third-order valence-corrected chi connectivity index (χ3v) is 8.87. The van der Waals surface area contributed by atoms with Crippen molar-refractivity contribution in [2.75, 3.05) is 22.7 Å². The van der Waals surface area contributed by atoms with Crippen LogP contribution in [0, 0.1) is 11.7 Å². The van der Waals surface area contributed by atoms with Gasteiger partial charge in [0.15, 0.2) is 0 Å². The van der Waals surface area contributed by atoms with E-state index in [1.54, 1.807) is 36.4 Å². The van der Waals surface area contributed by atoms with Gasteiger partial charge < -0.3 is 10.2 Å². The van der Waals surface area contributed by atoms with Crippen LogP contribution in [-0.2, 0) is 14.8 Å². The Kier molecular flexibility index (Phi) is 6.76. The molecule has 1 unspecified atom stereocenters. The van der Waals surface area contributed by atoms with Gasteiger partial charge in [0.2, 0.25) is 11.0 Å². The molecule has 2 N–H and O–H groups in total. The molecule has 2 aromatic carbocycles. The number of halogens is 1. The second-order valence-electron chi connectivity index (χ2n) is 9.03. The summed E-state index contributed by atoms with van der Waals surface area (Å²) < 4.78 is 45.3. The molecule has 5 rings (SSSR count). The number of hydrogen-bond donors (Lipinski definition) is 2. The van der Waals surface area contributed by atoms with E-state index >= 15 is 0 Å². The van der Waals surface area contributed by atoms with Crippen LogP contribution < -0.4 is 14.9 Å². The van der Waals surface area contributed by atoms with Gasteiger partial charge in [0.25, 0.3) is 10.0 Å². The van der Waals surface area contributed by atoms with E-state index in [1.165, 1.54) is 12.4 Å². The molecule has 0 radical (unpaired) electrons. The van der Waals surface area contributed by atoms with Gasteiger partial charge in [0.1, 0.15) is 12.1 Å². The molecule has 1 fully saturated rings. The summed E-state index contributed by atoms with van der Waals surface area (Å²) in [6.45, 7) is 3.37. The third kappa shape index (κ3) is 4.98. The van der Waals surface area contributed by atoms with Crippen molar-refractivity contribution >= 4 is 44.4 Å². The number of hydrogen-bond acceptors (Lipinski definition) is 7. The molecule has 1 aromatic heterocycles. The maximum Gasteiger partial charge on any atom is 0.263 e. The number of nitrogens with one attached hydrogen (secondary N) is 2. The van der Waals surface area contributed by atoms with Crippen LogP contribution in [0.15, 0.2) is 59.8 Å². The molecule has 1 saturated heterocycles. The van der Waals surface area contributed by atoms with Crippen molar-refractivity contribution in [1.29, 1.82) is 0 Å². The zero-order valence-corrected chi connectivity index (χ0v) is 21.2. The number of nitrogens with zero attached hydrogens (tertiary/aromatic N) is 3. The summed E-state index contributed by atoms with van der Waals surface area (Å²) in [5.41, 5.74) is 2.36. The highest BCUT2D eigenvalue weighted by molar-refractivity contribution is 7.93. The molecule has 8 nitrogen and oxygen atoms in total. The lowest BCUT2D eigenvalue weighted by Crippen LogP contribution is -2.46. The molecule has 3 aromatic rings. The monoisotopic (exact) mass is 527 g/mol. The van der Waals surface area contributed by atoms with Crippen molar-refractivity contribution in [2.24, 2.45) is 5.92 Å². The highest BCUT2D eigenvalue weighted by atomic mass is 32.2. The molecule has 2 aliphatic rings. The third-order valence-electron chi connectivity index (χ3n) is 6.80. The molecular formula is C25H26FN5O3S2. The molecule has 0 bridgehead atoms. The molecule has 0 spiro atoms. The van der Waals surface area contributed by atoms with Gasteiger partial charge in [-0.05, 0) is 48.7 Å². The van der Waals surface area contributed by atoms with E-state index in [0.29, 0.717) is 5.56 Å². The number of fused-ring (bicyclic) bond motifs is 1. The summed E-state index contributed by atoms with van der Waals surface area (Å²) in [7, 11) is -3.72. The van der Waals surface area contributed by atoms with Crippen LogP contribution in [-0.4, -0.2) is 42.8 Å². The number of aromatic nitrogens is 2. The molecule has 188 valence electrons. The number of carbonyl (C=O) groups excluding carboxylic acids is 1. The SMILES string of the molecule is C[C@H](C(=O)NC1CCN(c2ccc(S(=O)(=O)Nc3ncns3)cc2)CC1)C1C=Cc2c(F)cccc21. The van der Waals surface area contributed by atoms with Gasteiger partial charge >= 0.3 is 0 Å². The van der Waals surface area contributed by atoms with Crippen molar-refractivity contribution in [3.05, 3.63) is 71.8 Å². The van der Waals surface area contributed by atoms with Crippen LogP contribution in [0.4, 0.5) is 15.2 Å². The van der Waals surface area contributed by atoms with Crippen LogP contribution in [0.2, 0.25) is 0 Å². The zero-order valence-electron chi connectivity index (χ0n) is 19.6. The maximum atomic E-state index is 14.0. The Morgan fingerprint density at radius 2 is 1.92 bits per heavy atom. The number of amides is 1. The van der Waals surface area contributed by atoms with E-state index in [9.17, 15) is 17.6 Å². The molecule has 11 heteroatoms. The Labute approximate surface area is 213 Å². The topological polar surface area (TPSA) is 104 Å². The lowest BCUT2D eigenvalue weighted by atomic mass is 9.88. The first-order valence-electron chi connectivity index (χ1n) is 11.7. The minimum Gasteiger partial charge on any atom is -0.371 e. The predicted octanol–water partition coefficient (Wildman–Crippen LogP) is 4.01. The van der Waals surface area contributed by atoms with Gasteiger partial charge in [-0.15, -0.1) is 0 Å². The fourth-order valence-corrected chi connectivity index (χ4v) is 6.43. The maximum absolute atomic E-state index is 14.0. The second-order valence-corrected chi connectivity index (χ2v) is 11.5. The number of allylic oxidation sites excluding steroid dienone is 1.